The molecule has 21 heteroatoms. The van der Waals surface area contributed by atoms with E-state index in [1.807, 2.05) is 43.5 Å². The molecule has 21 nitrogen and oxygen atoms in total. The normalized spacial score (nSPS) is 22.7. The van der Waals surface area contributed by atoms with E-state index in [1.165, 1.54) is 5.01 Å². The van der Waals surface area contributed by atoms with Crippen LogP contribution < -0.4 is 32.1 Å². The van der Waals surface area contributed by atoms with Gasteiger partial charge >= 0.3 is 0 Å². The van der Waals surface area contributed by atoms with Gasteiger partial charge in [0, 0.05) is 112 Å². The Labute approximate surface area is 387 Å². The molecule has 5 aliphatic rings. The number of H-pyrrole nitrogens is 1. The van der Waals surface area contributed by atoms with Crippen LogP contribution in [0.4, 0.5) is 17.2 Å². The van der Waals surface area contributed by atoms with E-state index in [4.69, 9.17) is 21.4 Å². The first kappa shape index (κ1) is 45.2. The van der Waals surface area contributed by atoms with Crippen LogP contribution in [0.2, 0.25) is 0 Å². The smallest absolute Gasteiger partial charge is 0.262 e. The van der Waals surface area contributed by atoms with Crippen LogP contribution in [-0.2, 0) is 19.1 Å². The number of aromatic nitrogens is 3. The lowest BCUT2D eigenvalue weighted by Gasteiger charge is -2.45. The first-order valence-electron chi connectivity index (χ1n) is 22.7. The maximum absolute atomic E-state index is 13.4. The molecule has 7 heterocycles. The lowest BCUT2D eigenvalue weighted by Crippen LogP contribution is -2.57. The second kappa shape index (κ2) is 18.7. The fourth-order valence-electron chi connectivity index (χ4n) is 9.89. The van der Waals surface area contributed by atoms with Gasteiger partial charge in [-0.1, -0.05) is 0 Å². The van der Waals surface area contributed by atoms with Crippen molar-refractivity contribution in [3.8, 4) is 11.3 Å². The molecular weight excluding hydrogens is 859 g/mol. The maximum atomic E-state index is 13.4. The van der Waals surface area contributed by atoms with Crippen molar-refractivity contribution in [3.63, 3.8) is 0 Å². The molecule has 2 aromatic heterocycles. The molecule has 7 N–H and O–H groups in total. The number of guanidine groups is 1. The molecule has 5 aliphatic heterocycles. The summed E-state index contributed by atoms with van der Waals surface area (Å²) in [7, 11) is 1.76. The molecule has 3 atom stereocenters. The van der Waals surface area contributed by atoms with Crippen molar-refractivity contribution in [1.29, 1.82) is 0 Å². The number of anilines is 3. The number of ether oxygens (including phenoxy) is 1. The quantitative estimate of drug-likeness (QED) is 0.0582. The van der Waals surface area contributed by atoms with E-state index in [9.17, 15) is 24.0 Å². The fraction of sp³-hybridized carbons (Fsp3) is 0.435. The van der Waals surface area contributed by atoms with Gasteiger partial charge in [-0.3, -0.25) is 54.1 Å². The summed E-state index contributed by atoms with van der Waals surface area (Å²) in [5, 5.41) is 19.0. The predicted molar refractivity (Wildman–Crippen MR) is 251 cm³/mol. The van der Waals surface area contributed by atoms with E-state index in [1.54, 1.807) is 24.1 Å². The molecule has 5 amide bonds. The van der Waals surface area contributed by atoms with Gasteiger partial charge in [0.1, 0.15) is 17.6 Å². The first-order valence-corrected chi connectivity index (χ1v) is 22.7. The molecule has 3 unspecified atom stereocenters. The molecule has 2 aromatic carbocycles. The summed E-state index contributed by atoms with van der Waals surface area (Å²) in [6.07, 6.45) is 2.03. The van der Waals surface area contributed by atoms with Gasteiger partial charge in [-0.15, -0.1) is 5.10 Å². The first-order chi connectivity index (χ1) is 32.3. The molecule has 3 saturated heterocycles. The minimum atomic E-state index is -0.984. The molecule has 0 spiro atoms. The van der Waals surface area contributed by atoms with E-state index in [0.29, 0.717) is 41.7 Å². The number of allylic oxidation sites excluding steroid dienone is 1. The van der Waals surface area contributed by atoms with Gasteiger partial charge in [0.2, 0.25) is 17.8 Å². The zero-order valence-corrected chi connectivity index (χ0v) is 38.2. The van der Waals surface area contributed by atoms with Crippen LogP contribution in [0, 0.1) is 0 Å². The second-order valence-electron chi connectivity index (χ2n) is 17.8. The van der Waals surface area contributed by atoms with Crippen LogP contribution in [0.15, 0.2) is 71.1 Å². The number of rotatable bonds is 12. The summed E-state index contributed by atoms with van der Waals surface area (Å²) in [5.74, 6) is 10.6. The van der Waals surface area contributed by atoms with Gasteiger partial charge in [-0.2, -0.15) is 5.10 Å². The zero-order chi connectivity index (χ0) is 47.1. The number of fused-ring (bicyclic) bond motifs is 2. The van der Waals surface area contributed by atoms with E-state index >= 15 is 0 Å². The number of piperazine rings is 2. The van der Waals surface area contributed by atoms with Crippen molar-refractivity contribution in [2.24, 2.45) is 16.8 Å². The topological polar surface area (TPSA) is 247 Å². The fourth-order valence-corrected chi connectivity index (χ4v) is 9.89. The molecule has 0 saturated carbocycles. The third-order valence-corrected chi connectivity index (χ3v) is 13.7. The monoisotopic (exact) mass is 915 g/mol. The van der Waals surface area contributed by atoms with Crippen molar-refractivity contribution in [2.45, 2.75) is 51.7 Å². The van der Waals surface area contributed by atoms with Crippen molar-refractivity contribution >= 4 is 63.6 Å². The number of benzene rings is 2. The molecule has 0 bridgehead atoms. The summed E-state index contributed by atoms with van der Waals surface area (Å²) in [6, 6.07) is 14.5. The molecule has 352 valence electrons. The molecule has 4 aromatic rings. The van der Waals surface area contributed by atoms with Crippen molar-refractivity contribution in [2.75, 3.05) is 94.3 Å². The number of aromatic amines is 1. The Hall–Kier alpha value is -6.94. The number of carbonyl (C=O) groups is 5. The van der Waals surface area contributed by atoms with Crippen molar-refractivity contribution in [1.82, 2.24) is 45.1 Å². The van der Waals surface area contributed by atoms with Crippen molar-refractivity contribution in [3.05, 3.63) is 77.1 Å². The SMILES string of the molecule is CC1=C(C(=O)Nc2ccc3[nH]nc(-c4ccnc(N5CC(C)N(CCOCCN6CCN(c7ccc8c(c7)C(=O)N(C7CCC(=O)NC7=O)C8=O)CC6)C(C)C5)c4)c3c2)CN(N)/C(=N\N)N1C. The molecule has 0 aliphatic carbocycles. The van der Waals surface area contributed by atoms with E-state index in [2.05, 4.69) is 65.4 Å². The Morgan fingerprint density at radius 2 is 1.67 bits per heavy atom. The third kappa shape index (κ3) is 8.89. The number of nitrogens with one attached hydrogen (secondary N) is 3. The summed E-state index contributed by atoms with van der Waals surface area (Å²) in [5.41, 5.74) is 5.78. The highest BCUT2D eigenvalue weighted by Crippen LogP contribution is 2.33. The Kier molecular flexibility index (Phi) is 12.7. The Morgan fingerprint density at radius 1 is 0.925 bits per heavy atom. The van der Waals surface area contributed by atoms with Gasteiger partial charge in [0.15, 0.2) is 0 Å². The Balaban J connectivity index is 0.734. The van der Waals surface area contributed by atoms with E-state index in [0.717, 1.165) is 90.9 Å². The lowest BCUT2D eigenvalue weighted by molar-refractivity contribution is -0.136. The maximum Gasteiger partial charge on any atom is 0.262 e. The summed E-state index contributed by atoms with van der Waals surface area (Å²) in [6.45, 7) is 14.1. The van der Waals surface area contributed by atoms with Crippen LogP contribution in [0.5, 0.6) is 0 Å². The second-order valence-corrected chi connectivity index (χ2v) is 17.8. The number of piperidine rings is 1. The van der Waals surface area contributed by atoms with Gasteiger partial charge in [0.05, 0.1) is 42.0 Å². The minimum absolute atomic E-state index is 0.0840. The largest absolute Gasteiger partial charge is 0.379 e. The highest BCUT2D eigenvalue weighted by atomic mass is 16.5. The number of imide groups is 2. The number of hydrazine groups is 1. The number of carbonyl (C=O) groups excluding carboxylic acids is 5. The van der Waals surface area contributed by atoms with Crippen LogP contribution in [-0.4, -0.2) is 173 Å². The molecular formula is C46H57N15O6. The van der Waals surface area contributed by atoms with Crippen molar-refractivity contribution < 1.29 is 28.7 Å². The predicted octanol–water partition coefficient (Wildman–Crippen LogP) is 1.33. The minimum Gasteiger partial charge on any atom is -0.379 e. The van der Waals surface area contributed by atoms with Crippen LogP contribution in [0.25, 0.3) is 22.2 Å². The molecule has 0 radical (unpaired) electrons. The standard InChI is InChI=1S/C46H57N15O6/c1-27-24-58(39-21-30(11-12-49-39)41-35-22-31(5-8-37(35)53-54-41)50-42(63)36-26-60(48)46(52-47)55(4)29(36)3)25-28(2)59(27)18-20-67-19-17-56-13-15-57(16-14-56)32-6-7-33-34(23-32)45(66)61(44(33)65)38-9-10-40(62)51-43(38)64/h5-8,11-12,21-23,27-28,38H,9-10,13-20,24-26,47-48H2,1-4H3,(H,50,63)(H,53,54)(H,51,62,64)/b52-46-. The number of hydrazone groups is 1. The average Bonchev–Trinajstić information content (AvgIpc) is 3.85. The highest BCUT2D eigenvalue weighted by Gasteiger charge is 2.45. The average molecular weight is 916 g/mol. The summed E-state index contributed by atoms with van der Waals surface area (Å²) in [4.78, 5) is 80.9. The van der Waals surface area contributed by atoms with Crippen LogP contribution >= 0.6 is 0 Å². The van der Waals surface area contributed by atoms with Gasteiger partial charge in [0.25, 0.3) is 17.7 Å². The molecule has 9 rings (SSSR count). The number of hydrogen-bond donors (Lipinski definition) is 5. The van der Waals surface area contributed by atoms with E-state index < -0.39 is 29.7 Å². The molecule has 67 heavy (non-hydrogen) atoms. The number of pyridine rings is 1. The van der Waals surface area contributed by atoms with Gasteiger partial charge < -0.3 is 30.6 Å². The Morgan fingerprint density at radius 3 is 2.42 bits per heavy atom. The number of nitrogens with zero attached hydrogens (tertiary/aromatic N) is 10. The Bertz CT molecular complexity index is 2660. The highest BCUT2D eigenvalue weighted by molar-refractivity contribution is 6.23. The summed E-state index contributed by atoms with van der Waals surface area (Å²) < 4.78 is 6.18. The van der Waals surface area contributed by atoms with Crippen LogP contribution in [0.3, 0.4) is 0 Å². The number of nitrogens with two attached hydrogens (primary N) is 2. The lowest BCUT2D eigenvalue weighted by atomic mass is 10.0. The summed E-state index contributed by atoms with van der Waals surface area (Å²) >= 11 is 0. The number of amides is 5. The third-order valence-electron chi connectivity index (χ3n) is 13.7. The molecule has 3 fully saturated rings. The van der Waals surface area contributed by atoms with Gasteiger partial charge in [-0.05, 0) is 75.7 Å². The number of hydrogen-bond acceptors (Lipinski definition) is 15. The van der Waals surface area contributed by atoms with Gasteiger partial charge in [-0.25, -0.2) is 10.8 Å². The zero-order valence-electron chi connectivity index (χ0n) is 38.2. The van der Waals surface area contributed by atoms with Crippen LogP contribution in [0.1, 0.15) is 54.3 Å². The van der Waals surface area contributed by atoms with E-state index in [-0.39, 0.29) is 42.9 Å².